The minimum absolute atomic E-state index is 0.0363. The predicted octanol–water partition coefficient (Wildman–Crippen LogP) is 2.98. The highest BCUT2D eigenvalue weighted by Gasteiger charge is 2.43. The van der Waals surface area contributed by atoms with Crippen LogP contribution in [-0.2, 0) is 4.74 Å². The number of fused-ring (bicyclic) bond motifs is 2. The van der Waals surface area contributed by atoms with Crippen molar-refractivity contribution in [3.05, 3.63) is 71.7 Å². The molecule has 2 aliphatic heterocycles. The summed E-state index contributed by atoms with van der Waals surface area (Å²) in [6.07, 6.45) is 4.74. The lowest BCUT2D eigenvalue weighted by atomic mass is 10.0. The standard InChI is InChI=1S/C19H18N2O2/c22-19(17-8-4-5-9-20-17)21-16-11-15(12-23-13-16)18(21)10-14-6-2-1-3-7-14/h1-10,15-16H,11-13H2/b18-10-. The van der Waals surface area contributed by atoms with Crippen LogP contribution in [0.1, 0.15) is 22.5 Å². The van der Waals surface area contributed by atoms with Crippen molar-refractivity contribution < 1.29 is 9.53 Å². The van der Waals surface area contributed by atoms with Gasteiger partial charge in [0.2, 0.25) is 0 Å². The lowest BCUT2D eigenvalue weighted by molar-refractivity contribution is 0.0462. The molecular formula is C19H18N2O2. The monoisotopic (exact) mass is 306 g/mol. The maximum Gasteiger partial charge on any atom is 0.276 e. The average molecular weight is 306 g/mol. The minimum atomic E-state index is -0.0363. The Bertz CT molecular complexity index is 728. The number of rotatable bonds is 2. The Morgan fingerprint density at radius 2 is 1.96 bits per heavy atom. The highest BCUT2D eigenvalue weighted by molar-refractivity contribution is 5.94. The second kappa shape index (κ2) is 5.97. The number of likely N-dealkylation sites (tertiary alicyclic amines) is 1. The fourth-order valence-corrected chi connectivity index (χ4v) is 3.41. The molecule has 1 aromatic heterocycles. The fraction of sp³-hybridized carbons (Fsp3) is 0.263. The van der Waals surface area contributed by atoms with Gasteiger partial charge in [-0.15, -0.1) is 0 Å². The molecule has 0 spiro atoms. The maximum atomic E-state index is 13.0. The van der Waals surface area contributed by atoms with Crippen molar-refractivity contribution in [1.29, 1.82) is 0 Å². The second-order valence-electron chi connectivity index (χ2n) is 5.99. The topological polar surface area (TPSA) is 42.4 Å². The number of benzene rings is 1. The SMILES string of the molecule is O=C(c1ccccn1)N1/C(=C\c2ccccc2)C2COCC1C2. The van der Waals surface area contributed by atoms with Crippen LogP contribution in [0.15, 0.2) is 60.4 Å². The molecular weight excluding hydrogens is 288 g/mol. The van der Waals surface area contributed by atoms with Gasteiger partial charge in [0, 0.05) is 17.8 Å². The van der Waals surface area contributed by atoms with E-state index >= 15 is 0 Å². The molecule has 1 aromatic carbocycles. The van der Waals surface area contributed by atoms with Crippen LogP contribution in [0.2, 0.25) is 0 Å². The zero-order valence-electron chi connectivity index (χ0n) is 12.8. The Balaban J connectivity index is 1.73. The summed E-state index contributed by atoms with van der Waals surface area (Å²) < 4.78 is 5.69. The third-order valence-electron chi connectivity index (χ3n) is 4.46. The Kier molecular flexibility index (Phi) is 3.67. The van der Waals surface area contributed by atoms with E-state index in [2.05, 4.69) is 23.2 Å². The normalized spacial score (nSPS) is 24.9. The van der Waals surface area contributed by atoms with Gasteiger partial charge in [0.05, 0.1) is 19.3 Å². The molecule has 2 unspecified atom stereocenters. The van der Waals surface area contributed by atoms with E-state index in [1.54, 1.807) is 12.3 Å². The summed E-state index contributed by atoms with van der Waals surface area (Å²) >= 11 is 0. The molecule has 116 valence electrons. The molecule has 23 heavy (non-hydrogen) atoms. The predicted molar refractivity (Wildman–Crippen MR) is 87.5 cm³/mol. The Morgan fingerprint density at radius 3 is 2.74 bits per heavy atom. The van der Waals surface area contributed by atoms with Gasteiger partial charge in [-0.3, -0.25) is 9.78 Å². The summed E-state index contributed by atoms with van der Waals surface area (Å²) in [4.78, 5) is 19.1. The van der Waals surface area contributed by atoms with Gasteiger partial charge in [-0.2, -0.15) is 0 Å². The second-order valence-corrected chi connectivity index (χ2v) is 5.99. The molecule has 0 radical (unpaired) electrons. The molecule has 4 nitrogen and oxygen atoms in total. The van der Waals surface area contributed by atoms with Gasteiger partial charge in [-0.25, -0.2) is 0 Å². The van der Waals surface area contributed by atoms with Gasteiger partial charge in [0.15, 0.2) is 0 Å². The first-order valence-electron chi connectivity index (χ1n) is 7.92. The molecule has 2 saturated heterocycles. The fourth-order valence-electron chi connectivity index (χ4n) is 3.41. The van der Waals surface area contributed by atoms with E-state index in [9.17, 15) is 4.79 Å². The molecule has 1 amide bonds. The van der Waals surface area contributed by atoms with Gasteiger partial charge in [-0.1, -0.05) is 36.4 Å². The van der Waals surface area contributed by atoms with E-state index in [4.69, 9.17) is 4.74 Å². The quantitative estimate of drug-likeness (QED) is 0.856. The molecule has 0 saturated carbocycles. The molecule has 2 atom stereocenters. The smallest absolute Gasteiger partial charge is 0.276 e. The Morgan fingerprint density at radius 1 is 1.13 bits per heavy atom. The van der Waals surface area contributed by atoms with Crippen LogP contribution in [0, 0.1) is 5.92 Å². The largest absolute Gasteiger partial charge is 0.379 e. The number of aromatic nitrogens is 1. The summed E-state index contributed by atoms with van der Waals surface area (Å²) in [6.45, 7) is 1.28. The van der Waals surface area contributed by atoms with Gasteiger partial charge >= 0.3 is 0 Å². The number of nitrogens with zero attached hydrogens (tertiary/aromatic N) is 2. The van der Waals surface area contributed by atoms with Crippen LogP contribution >= 0.6 is 0 Å². The Hall–Kier alpha value is -2.46. The van der Waals surface area contributed by atoms with E-state index in [0.29, 0.717) is 18.9 Å². The lowest BCUT2D eigenvalue weighted by Crippen LogP contribution is -2.37. The Labute approximate surface area is 135 Å². The van der Waals surface area contributed by atoms with Crippen LogP contribution < -0.4 is 0 Å². The van der Waals surface area contributed by atoms with Crippen molar-refractivity contribution in [2.75, 3.05) is 13.2 Å². The number of amides is 1. The molecule has 2 fully saturated rings. The third-order valence-corrected chi connectivity index (χ3v) is 4.46. The van der Waals surface area contributed by atoms with E-state index in [-0.39, 0.29) is 17.9 Å². The zero-order chi connectivity index (χ0) is 15.6. The maximum absolute atomic E-state index is 13.0. The van der Waals surface area contributed by atoms with Crippen molar-refractivity contribution in [2.24, 2.45) is 5.92 Å². The molecule has 3 heterocycles. The van der Waals surface area contributed by atoms with E-state index < -0.39 is 0 Å². The van der Waals surface area contributed by atoms with Gasteiger partial charge < -0.3 is 9.64 Å². The first kappa shape index (κ1) is 14.2. The van der Waals surface area contributed by atoms with Gasteiger partial charge in [0.1, 0.15) is 5.69 Å². The molecule has 0 aliphatic carbocycles. The van der Waals surface area contributed by atoms with Crippen molar-refractivity contribution in [2.45, 2.75) is 12.5 Å². The number of ether oxygens (including phenoxy) is 1. The van der Waals surface area contributed by atoms with E-state index in [1.807, 2.05) is 35.2 Å². The molecule has 4 rings (SSSR count). The molecule has 4 heteroatoms. The van der Waals surface area contributed by atoms with Crippen molar-refractivity contribution in [1.82, 2.24) is 9.88 Å². The van der Waals surface area contributed by atoms with Crippen LogP contribution in [-0.4, -0.2) is 35.0 Å². The van der Waals surface area contributed by atoms with E-state index in [1.165, 1.54) is 0 Å². The summed E-state index contributed by atoms with van der Waals surface area (Å²) in [6, 6.07) is 15.7. The lowest BCUT2D eigenvalue weighted by Gasteiger charge is -2.24. The summed E-state index contributed by atoms with van der Waals surface area (Å²) in [7, 11) is 0. The summed E-state index contributed by atoms with van der Waals surface area (Å²) in [5, 5.41) is 0. The van der Waals surface area contributed by atoms with Gasteiger partial charge in [0.25, 0.3) is 5.91 Å². The van der Waals surface area contributed by atoms with Crippen LogP contribution in [0.5, 0.6) is 0 Å². The van der Waals surface area contributed by atoms with E-state index in [0.717, 1.165) is 17.7 Å². The molecule has 0 N–H and O–H groups in total. The van der Waals surface area contributed by atoms with Crippen LogP contribution in [0.4, 0.5) is 0 Å². The van der Waals surface area contributed by atoms with Crippen molar-refractivity contribution >= 4 is 12.0 Å². The number of pyridine rings is 1. The minimum Gasteiger partial charge on any atom is -0.379 e. The highest BCUT2D eigenvalue weighted by atomic mass is 16.5. The number of hydrogen-bond donors (Lipinski definition) is 0. The third kappa shape index (κ3) is 2.66. The number of carbonyl (C=O) groups is 1. The molecule has 2 aromatic rings. The highest BCUT2D eigenvalue weighted by Crippen LogP contribution is 2.38. The van der Waals surface area contributed by atoms with Crippen LogP contribution in [0.3, 0.4) is 0 Å². The van der Waals surface area contributed by atoms with Gasteiger partial charge in [-0.05, 0) is 30.2 Å². The average Bonchev–Trinajstić information content (AvgIpc) is 2.86. The summed E-state index contributed by atoms with van der Waals surface area (Å²) in [5.41, 5.74) is 2.64. The zero-order valence-corrected chi connectivity index (χ0v) is 12.8. The first-order valence-corrected chi connectivity index (χ1v) is 7.92. The summed E-state index contributed by atoms with van der Waals surface area (Å²) in [5.74, 6) is 0.243. The molecule has 2 aliphatic rings. The van der Waals surface area contributed by atoms with Crippen molar-refractivity contribution in [3.63, 3.8) is 0 Å². The molecule has 2 bridgehead atoms. The number of hydrogen-bond acceptors (Lipinski definition) is 3. The first-order chi connectivity index (χ1) is 11.3. The number of carbonyl (C=O) groups excluding carboxylic acids is 1. The van der Waals surface area contributed by atoms with Crippen LogP contribution in [0.25, 0.3) is 6.08 Å². The van der Waals surface area contributed by atoms with Crippen molar-refractivity contribution in [3.8, 4) is 0 Å².